The fourth-order valence-corrected chi connectivity index (χ4v) is 2.77. The Labute approximate surface area is 141 Å². The number of nitrogens with zero attached hydrogens (tertiary/aromatic N) is 1. The number of hydrogen-bond acceptors (Lipinski definition) is 3. The molecular formula is C18H23N3O3. The van der Waals surface area contributed by atoms with Gasteiger partial charge in [-0.2, -0.15) is 0 Å². The van der Waals surface area contributed by atoms with Crippen molar-refractivity contribution in [1.29, 1.82) is 0 Å². The molecule has 24 heavy (non-hydrogen) atoms. The lowest BCUT2D eigenvalue weighted by molar-refractivity contribution is -0.132. The maximum atomic E-state index is 12.5. The standard InChI is InChI=1S/C18H23N3O3/c1-4-16(22)20-14-9-8-13(11-12(14)3)19-18(24)15-7-6-10-21(15)17(23)5-2/h5,8-9,11,15H,2,4,6-7,10H2,1,3H3,(H,19,24)(H,20,22). The first-order chi connectivity index (χ1) is 11.5. The first-order valence-corrected chi connectivity index (χ1v) is 8.10. The molecule has 0 spiro atoms. The van der Waals surface area contributed by atoms with Gasteiger partial charge in [0.1, 0.15) is 6.04 Å². The van der Waals surface area contributed by atoms with Crippen molar-refractivity contribution in [3.8, 4) is 0 Å². The van der Waals surface area contributed by atoms with Gasteiger partial charge in [-0.15, -0.1) is 0 Å². The minimum absolute atomic E-state index is 0.0561. The van der Waals surface area contributed by atoms with E-state index in [2.05, 4.69) is 17.2 Å². The molecule has 0 bridgehead atoms. The van der Waals surface area contributed by atoms with Crippen molar-refractivity contribution in [1.82, 2.24) is 4.90 Å². The summed E-state index contributed by atoms with van der Waals surface area (Å²) in [5.74, 6) is -0.478. The maximum Gasteiger partial charge on any atom is 0.247 e. The summed E-state index contributed by atoms with van der Waals surface area (Å²) in [5.41, 5.74) is 2.23. The highest BCUT2D eigenvalue weighted by atomic mass is 16.2. The van der Waals surface area contributed by atoms with E-state index in [9.17, 15) is 14.4 Å². The van der Waals surface area contributed by atoms with Gasteiger partial charge >= 0.3 is 0 Å². The summed E-state index contributed by atoms with van der Waals surface area (Å²) in [6.07, 6.45) is 3.10. The fourth-order valence-electron chi connectivity index (χ4n) is 2.77. The summed E-state index contributed by atoms with van der Waals surface area (Å²) >= 11 is 0. The van der Waals surface area contributed by atoms with Crippen LogP contribution < -0.4 is 10.6 Å². The molecule has 1 heterocycles. The van der Waals surface area contributed by atoms with Gasteiger partial charge in [0.2, 0.25) is 17.7 Å². The Bertz CT molecular complexity index is 669. The lowest BCUT2D eigenvalue weighted by atomic mass is 10.1. The summed E-state index contributed by atoms with van der Waals surface area (Å²) in [6, 6.07) is 4.85. The highest BCUT2D eigenvalue weighted by Gasteiger charge is 2.32. The molecule has 2 N–H and O–H groups in total. The molecular weight excluding hydrogens is 306 g/mol. The summed E-state index contributed by atoms with van der Waals surface area (Å²) in [7, 11) is 0. The average molecular weight is 329 g/mol. The van der Waals surface area contributed by atoms with E-state index in [1.807, 2.05) is 6.92 Å². The van der Waals surface area contributed by atoms with Crippen LogP contribution in [0.1, 0.15) is 31.7 Å². The van der Waals surface area contributed by atoms with Crippen molar-refractivity contribution in [3.05, 3.63) is 36.4 Å². The molecule has 1 aliphatic rings. The topological polar surface area (TPSA) is 78.5 Å². The van der Waals surface area contributed by atoms with Gasteiger partial charge in [0.05, 0.1) is 0 Å². The number of amides is 3. The average Bonchev–Trinajstić information content (AvgIpc) is 3.06. The lowest BCUT2D eigenvalue weighted by Crippen LogP contribution is -2.42. The SMILES string of the molecule is C=CC(=O)N1CCCC1C(=O)Nc1ccc(NC(=O)CC)c(C)c1. The van der Waals surface area contributed by atoms with Crippen LogP contribution in [0.25, 0.3) is 0 Å². The number of benzene rings is 1. The van der Waals surface area contributed by atoms with Gasteiger partial charge in [0.25, 0.3) is 0 Å². The second-order valence-corrected chi connectivity index (χ2v) is 5.81. The van der Waals surface area contributed by atoms with E-state index < -0.39 is 6.04 Å². The van der Waals surface area contributed by atoms with E-state index in [0.29, 0.717) is 25.1 Å². The molecule has 2 rings (SSSR count). The Morgan fingerprint density at radius 1 is 1.33 bits per heavy atom. The number of nitrogens with one attached hydrogen (secondary N) is 2. The normalized spacial score (nSPS) is 16.6. The molecule has 1 atom stereocenters. The van der Waals surface area contributed by atoms with Gasteiger partial charge in [-0.05, 0) is 49.6 Å². The number of rotatable bonds is 5. The summed E-state index contributed by atoms with van der Waals surface area (Å²) in [6.45, 7) is 7.70. The molecule has 1 fully saturated rings. The molecule has 1 unspecified atom stereocenters. The number of hydrogen-bond donors (Lipinski definition) is 2. The molecule has 1 aliphatic heterocycles. The Balaban J connectivity index is 2.06. The molecule has 6 nitrogen and oxygen atoms in total. The van der Waals surface area contributed by atoms with Crippen molar-refractivity contribution in [2.45, 2.75) is 39.2 Å². The largest absolute Gasteiger partial charge is 0.327 e. The molecule has 3 amide bonds. The molecule has 0 saturated carbocycles. The van der Waals surface area contributed by atoms with Crippen LogP contribution in [0.2, 0.25) is 0 Å². The van der Waals surface area contributed by atoms with Crippen LogP contribution in [0, 0.1) is 6.92 Å². The van der Waals surface area contributed by atoms with Crippen LogP contribution in [-0.2, 0) is 14.4 Å². The number of carbonyl (C=O) groups excluding carboxylic acids is 3. The zero-order valence-electron chi connectivity index (χ0n) is 14.1. The predicted molar refractivity (Wildman–Crippen MR) is 93.7 cm³/mol. The first kappa shape index (κ1) is 17.7. The summed E-state index contributed by atoms with van der Waals surface area (Å²) in [5, 5.41) is 5.66. The van der Waals surface area contributed by atoms with Crippen LogP contribution in [0.4, 0.5) is 11.4 Å². The molecule has 0 radical (unpaired) electrons. The molecule has 128 valence electrons. The van der Waals surface area contributed by atoms with Crippen molar-refractivity contribution in [2.24, 2.45) is 0 Å². The van der Waals surface area contributed by atoms with Gasteiger partial charge in [-0.1, -0.05) is 13.5 Å². The van der Waals surface area contributed by atoms with Gasteiger partial charge < -0.3 is 15.5 Å². The Morgan fingerprint density at radius 2 is 2.08 bits per heavy atom. The minimum Gasteiger partial charge on any atom is -0.327 e. The van der Waals surface area contributed by atoms with Gasteiger partial charge in [-0.25, -0.2) is 0 Å². The first-order valence-electron chi connectivity index (χ1n) is 8.10. The van der Waals surface area contributed by atoms with Crippen molar-refractivity contribution < 1.29 is 14.4 Å². The van der Waals surface area contributed by atoms with Crippen LogP contribution in [0.5, 0.6) is 0 Å². The number of aryl methyl sites for hydroxylation is 1. The summed E-state index contributed by atoms with van der Waals surface area (Å²) < 4.78 is 0. The van der Waals surface area contributed by atoms with E-state index in [1.165, 1.54) is 6.08 Å². The predicted octanol–water partition coefficient (Wildman–Crippen LogP) is 2.46. The van der Waals surface area contributed by atoms with Crippen LogP contribution in [-0.4, -0.2) is 35.2 Å². The number of carbonyl (C=O) groups is 3. The summed E-state index contributed by atoms with van der Waals surface area (Å²) in [4.78, 5) is 37.3. The zero-order valence-corrected chi connectivity index (χ0v) is 14.1. The maximum absolute atomic E-state index is 12.5. The van der Waals surface area contributed by atoms with Gasteiger partial charge in [-0.3, -0.25) is 14.4 Å². The third kappa shape index (κ3) is 4.01. The van der Waals surface area contributed by atoms with Crippen molar-refractivity contribution in [3.63, 3.8) is 0 Å². The second kappa shape index (κ2) is 7.77. The van der Waals surface area contributed by atoms with Crippen LogP contribution >= 0.6 is 0 Å². The Kier molecular flexibility index (Phi) is 5.73. The van der Waals surface area contributed by atoms with Crippen LogP contribution in [0.15, 0.2) is 30.9 Å². The minimum atomic E-state index is -0.463. The van der Waals surface area contributed by atoms with E-state index in [4.69, 9.17) is 0 Å². The second-order valence-electron chi connectivity index (χ2n) is 5.81. The van der Waals surface area contributed by atoms with E-state index in [1.54, 1.807) is 30.0 Å². The van der Waals surface area contributed by atoms with Crippen molar-refractivity contribution in [2.75, 3.05) is 17.2 Å². The molecule has 1 aromatic rings. The van der Waals surface area contributed by atoms with Gasteiger partial charge in [0.15, 0.2) is 0 Å². The molecule has 1 saturated heterocycles. The van der Waals surface area contributed by atoms with E-state index in [-0.39, 0.29) is 17.7 Å². The molecule has 0 aliphatic carbocycles. The molecule has 1 aromatic carbocycles. The van der Waals surface area contributed by atoms with Crippen LogP contribution in [0.3, 0.4) is 0 Å². The molecule has 6 heteroatoms. The monoisotopic (exact) mass is 329 g/mol. The van der Waals surface area contributed by atoms with E-state index >= 15 is 0 Å². The van der Waals surface area contributed by atoms with E-state index in [0.717, 1.165) is 17.7 Å². The highest BCUT2D eigenvalue weighted by Crippen LogP contribution is 2.23. The van der Waals surface area contributed by atoms with Crippen molar-refractivity contribution >= 4 is 29.1 Å². The number of anilines is 2. The zero-order chi connectivity index (χ0) is 17.7. The quantitative estimate of drug-likeness (QED) is 0.815. The third-order valence-electron chi connectivity index (χ3n) is 4.10. The smallest absolute Gasteiger partial charge is 0.247 e. The highest BCUT2D eigenvalue weighted by molar-refractivity contribution is 5.99. The van der Waals surface area contributed by atoms with Gasteiger partial charge in [0, 0.05) is 24.3 Å². The Hall–Kier alpha value is -2.63. The molecule has 0 aromatic heterocycles. The fraction of sp³-hybridized carbons (Fsp3) is 0.389. The third-order valence-corrected chi connectivity index (χ3v) is 4.10. The number of likely N-dealkylation sites (tertiary alicyclic amines) is 1. The lowest BCUT2D eigenvalue weighted by Gasteiger charge is -2.22. The Morgan fingerprint density at radius 3 is 2.71 bits per heavy atom.